The Hall–Kier alpha value is -1.07. The van der Waals surface area contributed by atoms with Crippen LogP contribution < -0.4 is 0 Å². The molecular weight excluding hydrogens is 241 g/mol. The van der Waals surface area contributed by atoms with Gasteiger partial charge in [-0.25, -0.2) is 4.39 Å². The molecule has 0 saturated carbocycles. The van der Waals surface area contributed by atoms with Crippen LogP contribution in [0.3, 0.4) is 0 Å². The van der Waals surface area contributed by atoms with Gasteiger partial charge in [0.05, 0.1) is 11.9 Å². The van der Waals surface area contributed by atoms with Gasteiger partial charge in [0, 0.05) is 6.54 Å². The number of carbonyl (C=O) groups is 1. The molecule has 0 radical (unpaired) electrons. The molecule has 1 heterocycles. The lowest BCUT2D eigenvalue weighted by Crippen LogP contribution is -2.34. The summed E-state index contributed by atoms with van der Waals surface area (Å²) in [6, 6.07) is 6.14. The van der Waals surface area contributed by atoms with Crippen LogP contribution in [-0.2, 0) is 4.79 Å². The zero-order valence-corrected chi connectivity index (χ0v) is 10.3. The number of rotatable bonds is 3. The molecule has 0 bridgehead atoms. The molecule has 5 heteroatoms. The zero-order valence-electron chi connectivity index (χ0n) is 9.47. The number of aliphatic hydroxyl groups is 1. The van der Waals surface area contributed by atoms with Crippen LogP contribution in [0.25, 0.3) is 0 Å². The fraction of sp³-hybridized carbons (Fsp3) is 0.417. The maximum Gasteiger partial charge on any atom is 0.233 e. The van der Waals surface area contributed by atoms with E-state index in [1.807, 2.05) is 0 Å². The van der Waals surface area contributed by atoms with Crippen molar-refractivity contribution in [2.75, 3.05) is 12.3 Å². The van der Waals surface area contributed by atoms with Gasteiger partial charge in [-0.3, -0.25) is 4.79 Å². The third kappa shape index (κ3) is 2.79. The third-order valence-corrected chi connectivity index (χ3v) is 3.84. The fourth-order valence-electron chi connectivity index (χ4n) is 1.84. The summed E-state index contributed by atoms with van der Waals surface area (Å²) in [7, 11) is 0. The summed E-state index contributed by atoms with van der Waals surface area (Å²) in [5.74, 6) is 0.143. The zero-order chi connectivity index (χ0) is 12.4. The van der Waals surface area contributed by atoms with Gasteiger partial charge in [-0.15, -0.1) is 11.8 Å². The molecule has 0 aromatic heterocycles. The van der Waals surface area contributed by atoms with E-state index in [1.54, 1.807) is 24.0 Å². The average molecular weight is 255 g/mol. The molecule has 1 aromatic carbocycles. The topological polar surface area (TPSA) is 40.5 Å². The largest absolute Gasteiger partial charge is 0.392 e. The Morgan fingerprint density at radius 3 is 2.76 bits per heavy atom. The van der Waals surface area contributed by atoms with Gasteiger partial charge >= 0.3 is 0 Å². The van der Waals surface area contributed by atoms with E-state index < -0.39 is 6.10 Å². The van der Waals surface area contributed by atoms with E-state index in [0.717, 1.165) is 5.56 Å². The Kier molecular flexibility index (Phi) is 3.69. The minimum atomic E-state index is -0.555. The minimum Gasteiger partial charge on any atom is -0.392 e. The highest BCUT2D eigenvalue weighted by molar-refractivity contribution is 8.00. The first-order valence-electron chi connectivity index (χ1n) is 5.42. The van der Waals surface area contributed by atoms with Gasteiger partial charge in [-0.1, -0.05) is 12.1 Å². The smallest absolute Gasteiger partial charge is 0.233 e. The third-order valence-electron chi connectivity index (χ3n) is 2.58. The van der Waals surface area contributed by atoms with Gasteiger partial charge in [-0.2, -0.15) is 0 Å². The van der Waals surface area contributed by atoms with E-state index in [2.05, 4.69) is 0 Å². The van der Waals surface area contributed by atoms with Crippen LogP contribution >= 0.6 is 11.8 Å². The van der Waals surface area contributed by atoms with Crippen LogP contribution in [-0.4, -0.2) is 34.3 Å². The second-order valence-electron chi connectivity index (χ2n) is 4.11. The van der Waals surface area contributed by atoms with Crippen molar-refractivity contribution in [2.24, 2.45) is 0 Å². The molecule has 0 unspecified atom stereocenters. The summed E-state index contributed by atoms with van der Waals surface area (Å²) in [6.45, 7) is 1.96. The van der Waals surface area contributed by atoms with Crippen molar-refractivity contribution >= 4 is 17.7 Å². The summed E-state index contributed by atoms with van der Waals surface area (Å²) < 4.78 is 12.8. The standard InChI is InChI=1S/C12H14FNO2S/c1-8(15)6-14-11(16)7-17-12(14)9-2-4-10(13)5-3-9/h2-5,8,12,15H,6-7H2,1H3/t8-,12-/m1/s1. The molecule has 3 nitrogen and oxygen atoms in total. The van der Waals surface area contributed by atoms with E-state index in [-0.39, 0.29) is 17.1 Å². The van der Waals surface area contributed by atoms with Crippen molar-refractivity contribution in [1.29, 1.82) is 0 Å². The molecule has 1 aliphatic rings. The number of hydrogen-bond acceptors (Lipinski definition) is 3. The van der Waals surface area contributed by atoms with Crippen LogP contribution in [0.4, 0.5) is 4.39 Å². The molecule has 1 amide bonds. The first kappa shape index (κ1) is 12.4. The average Bonchev–Trinajstić information content (AvgIpc) is 2.61. The van der Waals surface area contributed by atoms with E-state index in [0.29, 0.717) is 12.3 Å². The second-order valence-corrected chi connectivity index (χ2v) is 5.18. The second kappa shape index (κ2) is 5.06. The molecule has 1 aromatic rings. The van der Waals surface area contributed by atoms with Gasteiger partial charge in [0.1, 0.15) is 11.2 Å². The molecule has 0 spiro atoms. The summed E-state index contributed by atoms with van der Waals surface area (Å²) in [5.41, 5.74) is 0.892. The summed E-state index contributed by atoms with van der Waals surface area (Å²) in [6.07, 6.45) is -0.555. The maximum absolute atomic E-state index is 12.8. The highest BCUT2D eigenvalue weighted by atomic mass is 32.2. The quantitative estimate of drug-likeness (QED) is 0.895. The highest BCUT2D eigenvalue weighted by Crippen LogP contribution is 2.38. The predicted octanol–water partition coefficient (Wildman–Crippen LogP) is 1.78. The molecule has 17 heavy (non-hydrogen) atoms. The lowest BCUT2D eigenvalue weighted by atomic mass is 10.2. The molecule has 2 atom stereocenters. The fourth-order valence-corrected chi connectivity index (χ4v) is 3.04. The van der Waals surface area contributed by atoms with Gasteiger partial charge in [0.15, 0.2) is 0 Å². The first-order valence-corrected chi connectivity index (χ1v) is 6.47. The molecule has 1 aliphatic heterocycles. The summed E-state index contributed by atoms with van der Waals surface area (Å²) in [5, 5.41) is 9.26. The Labute approximate surface area is 104 Å². The Balaban J connectivity index is 2.19. The SMILES string of the molecule is C[C@@H](O)CN1C(=O)CS[C@@H]1c1ccc(F)cc1. The molecule has 2 rings (SSSR count). The number of carbonyl (C=O) groups excluding carboxylic acids is 1. The first-order chi connectivity index (χ1) is 8.08. The van der Waals surface area contributed by atoms with Gasteiger partial charge < -0.3 is 10.0 Å². The van der Waals surface area contributed by atoms with Crippen molar-refractivity contribution < 1.29 is 14.3 Å². The van der Waals surface area contributed by atoms with E-state index >= 15 is 0 Å². The number of hydrogen-bond donors (Lipinski definition) is 1. The van der Waals surface area contributed by atoms with Crippen molar-refractivity contribution in [2.45, 2.75) is 18.4 Å². The molecule has 92 valence electrons. The number of β-amino-alcohol motifs (C(OH)–C–C–N with tert-alkyl or cyclic N) is 1. The summed E-state index contributed by atoms with van der Waals surface area (Å²) in [4.78, 5) is 13.3. The maximum atomic E-state index is 12.8. The molecule has 1 N–H and O–H groups in total. The molecule has 1 fully saturated rings. The summed E-state index contributed by atoms with van der Waals surface area (Å²) >= 11 is 1.50. The highest BCUT2D eigenvalue weighted by Gasteiger charge is 2.33. The monoisotopic (exact) mass is 255 g/mol. The van der Waals surface area contributed by atoms with Crippen molar-refractivity contribution in [1.82, 2.24) is 4.90 Å². The van der Waals surface area contributed by atoms with Crippen molar-refractivity contribution in [3.8, 4) is 0 Å². The van der Waals surface area contributed by atoms with Gasteiger partial charge in [0.2, 0.25) is 5.91 Å². The number of benzene rings is 1. The van der Waals surface area contributed by atoms with Crippen LogP contribution in [0.2, 0.25) is 0 Å². The van der Waals surface area contributed by atoms with Gasteiger partial charge in [-0.05, 0) is 24.6 Å². The van der Waals surface area contributed by atoms with E-state index in [4.69, 9.17) is 0 Å². The van der Waals surface area contributed by atoms with Crippen LogP contribution in [0.5, 0.6) is 0 Å². The van der Waals surface area contributed by atoms with Crippen LogP contribution in [0, 0.1) is 5.82 Å². The molecule has 1 saturated heterocycles. The minimum absolute atomic E-state index is 0.0187. The number of nitrogens with zero attached hydrogens (tertiary/aromatic N) is 1. The number of aliphatic hydroxyl groups excluding tert-OH is 1. The van der Waals surface area contributed by atoms with Crippen molar-refractivity contribution in [3.05, 3.63) is 35.6 Å². The lowest BCUT2D eigenvalue weighted by molar-refractivity contribution is -0.129. The van der Waals surface area contributed by atoms with Gasteiger partial charge in [0.25, 0.3) is 0 Å². The van der Waals surface area contributed by atoms with Crippen LogP contribution in [0.1, 0.15) is 17.9 Å². The van der Waals surface area contributed by atoms with E-state index in [9.17, 15) is 14.3 Å². The Morgan fingerprint density at radius 1 is 1.53 bits per heavy atom. The Morgan fingerprint density at radius 2 is 2.18 bits per heavy atom. The van der Waals surface area contributed by atoms with Crippen molar-refractivity contribution in [3.63, 3.8) is 0 Å². The Bertz CT molecular complexity index is 407. The lowest BCUT2D eigenvalue weighted by Gasteiger charge is -2.25. The number of thioether (sulfide) groups is 1. The van der Waals surface area contributed by atoms with Crippen LogP contribution in [0.15, 0.2) is 24.3 Å². The predicted molar refractivity (Wildman–Crippen MR) is 65.0 cm³/mol. The normalized spacial score (nSPS) is 21.9. The molecular formula is C12H14FNO2S. The van der Waals surface area contributed by atoms with E-state index in [1.165, 1.54) is 23.9 Å². The molecule has 0 aliphatic carbocycles. The number of amides is 1. The number of halogens is 1.